The van der Waals surface area contributed by atoms with Crippen LogP contribution in [0.25, 0.3) is 0 Å². The zero-order valence-electron chi connectivity index (χ0n) is 19.5. The second-order valence-corrected chi connectivity index (χ2v) is 7.98. The van der Waals surface area contributed by atoms with Crippen molar-refractivity contribution in [3.63, 3.8) is 0 Å². The van der Waals surface area contributed by atoms with Crippen LogP contribution >= 0.6 is 11.3 Å². The Bertz CT molecular complexity index is 987. The molecule has 0 aliphatic heterocycles. The van der Waals surface area contributed by atoms with Crippen LogP contribution in [0.1, 0.15) is 57.8 Å². The molecule has 2 amide bonds. The number of hydrogen-bond acceptors (Lipinski definition) is 8. The summed E-state index contributed by atoms with van der Waals surface area (Å²) in [5.41, 5.74) is 1.29. The summed E-state index contributed by atoms with van der Waals surface area (Å²) in [6.45, 7) is 5.92. The number of carbonyl (C=O) groups excluding carboxylic acids is 3. The molecule has 10 heteroatoms. The quantitative estimate of drug-likeness (QED) is 0.360. The lowest BCUT2D eigenvalue weighted by atomic mass is 10.1. The van der Waals surface area contributed by atoms with Crippen molar-refractivity contribution in [3.8, 4) is 11.5 Å². The van der Waals surface area contributed by atoms with Gasteiger partial charge in [-0.3, -0.25) is 5.32 Å². The van der Waals surface area contributed by atoms with E-state index in [4.69, 9.17) is 18.9 Å². The zero-order chi connectivity index (χ0) is 24.4. The van der Waals surface area contributed by atoms with Crippen LogP contribution in [0.4, 0.5) is 9.80 Å². The Labute approximate surface area is 197 Å². The van der Waals surface area contributed by atoms with Crippen LogP contribution in [0.2, 0.25) is 0 Å². The van der Waals surface area contributed by atoms with Gasteiger partial charge in [-0.25, -0.2) is 14.4 Å². The van der Waals surface area contributed by atoms with Crippen LogP contribution in [0.15, 0.2) is 18.2 Å². The number of benzene rings is 1. The number of anilines is 1. The maximum Gasteiger partial charge on any atom is 0.348 e. The molecular weight excluding hydrogens is 448 g/mol. The molecule has 2 N–H and O–H groups in total. The summed E-state index contributed by atoms with van der Waals surface area (Å²) in [5, 5.41) is 5.60. The number of esters is 2. The van der Waals surface area contributed by atoms with Gasteiger partial charge in [0.1, 0.15) is 21.4 Å². The third-order valence-corrected chi connectivity index (χ3v) is 5.89. The molecule has 180 valence electrons. The fraction of sp³-hybridized carbons (Fsp3) is 0.435. The van der Waals surface area contributed by atoms with Crippen molar-refractivity contribution in [1.29, 1.82) is 0 Å². The predicted molar refractivity (Wildman–Crippen MR) is 126 cm³/mol. The third-order valence-electron chi connectivity index (χ3n) is 4.70. The minimum atomic E-state index is -0.619. The van der Waals surface area contributed by atoms with E-state index in [9.17, 15) is 14.4 Å². The summed E-state index contributed by atoms with van der Waals surface area (Å²) in [4.78, 5) is 37.9. The van der Waals surface area contributed by atoms with E-state index in [1.165, 1.54) is 7.11 Å². The lowest BCUT2D eigenvalue weighted by Gasteiger charge is -2.12. The Morgan fingerprint density at radius 2 is 1.79 bits per heavy atom. The highest BCUT2D eigenvalue weighted by atomic mass is 32.1. The Balaban J connectivity index is 2.19. The van der Waals surface area contributed by atoms with Crippen molar-refractivity contribution in [1.82, 2.24) is 5.32 Å². The van der Waals surface area contributed by atoms with Gasteiger partial charge in [0.25, 0.3) is 0 Å². The molecule has 1 aromatic carbocycles. The molecule has 0 spiro atoms. The zero-order valence-corrected chi connectivity index (χ0v) is 20.4. The fourth-order valence-electron chi connectivity index (χ4n) is 2.94. The second kappa shape index (κ2) is 12.7. The van der Waals surface area contributed by atoms with E-state index < -0.39 is 18.0 Å². The van der Waals surface area contributed by atoms with Gasteiger partial charge in [-0.05, 0) is 38.0 Å². The molecule has 0 saturated heterocycles. The average Bonchev–Trinajstić information content (AvgIpc) is 3.13. The molecule has 2 rings (SSSR count). The molecule has 33 heavy (non-hydrogen) atoms. The highest BCUT2D eigenvalue weighted by molar-refractivity contribution is 7.18. The van der Waals surface area contributed by atoms with Crippen LogP contribution in [0.3, 0.4) is 0 Å². The number of ether oxygens (including phenoxy) is 4. The molecule has 0 radical (unpaired) electrons. The van der Waals surface area contributed by atoms with Crippen molar-refractivity contribution in [2.45, 2.75) is 40.2 Å². The number of amides is 2. The molecule has 9 nitrogen and oxygen atoms in total. The molecule has 0 fully saturated rings. The van der Waals surface area contributed by atoms with Gasteiger partial charge < -0.3 is 24.3 Å². The topological polar surface area (TPSA) is 112 Å². The van der Waals surface area contributed by atoms with Crippen molar-refractivity contribution < 1.29 is 33.3 Å². The van der Waals surface area contributed by atoms with Gasteiger partial charge in [0, 0.05) is 18.2 Å². The number of carbonyl (C=O) groups is 3. The Hall–Kier alpha value is -3.27. The van der Waals surface area contributed by atoms with Gasteiger partial charge in [0.05, 0.1) is 33.0 Å². The van der Waals surface area contributed by atoms with E-state index in [1.54, 1.807) is 39.2 Å². The van der Waals surface area contributed by atoms with Gasteiger partial charge in [-0.15, -0.1) is 11.3 Å². The SMILES string of the molecule is CCCCOC(=O)c1sc(NC(=O)NCc2ccc(OC)cc2OC)c(C(=O)OCC)c1C. The average molecular weight is 479 g/mol. The number of methoxy groups -OCH3 is 2. The molecule has 0 aliphatic carbocycles. The van der Waals surface area contributed by atoms with Crippen molar-refractivity contribution in [2.24, 2.45) is 0 Å². The fourth-order valence-corrected chi connectivity index (χ4v) is 4.02. The molecule has 0 unspecified atom stereocenters. The van der Waals surface area contributed by atoms with Crippen LogP contribution < -0.4 is 20.1 Å². The van der Waals surface area contributed by atoms with E-state index in [-0.39, 0.29) is 35.2 Å². The molecule has 0 bridgehead atoms. The highest BCUT2D eigenvalue weighted by Gasteiger charge is 2.27. The summed E-state index contributed by atoms with van der Waals surface area (Å²) < 4.78 is 20.9. The number of rotatable bonds is 11. The molecule has 0 atom stereocenters. The summed E-state index contributed by atoms with van der Waals surface area (Å²) in [7, 11) is 3.08. The molecule has 1 heterocycles. The lowest BCUT2D eigenvalue weighted by molar-refractivity contribution is 0.0504. The summed E-state index contributed by atoms with van der Waals surface area (Å²) in [6.07, 6.45) is 1.62. The first kappa shape index (κ1) is 26.0. The molecule has 2 aromatic rings. The summed E-state index contributed by atoms with van der Waals surface area (Å²) >= 11 is 0.981. The monoisotopic (exact) mass is 478 g/mol. The van der Waals surface area contributed by atoms with Gasteiger partial charge in [0.2, 0.25) is 0 Å². The maximum absolute atomic E-state index is 12.6. The number of hydrogen-bond donors (Lipinski definition) is 2. The minimum Gasteiger partial charge on any atom is -0.497 e. The van der Waals surface area contributed by atoms with Gasteiger partial charge in [-0.2, -0.15) is 0 Å². The highest BCUT2D eigenvalue weighted by Crippen LogP contribution is 2.34. The smallest absolute Gasteiger partial charge is 0.348 e. The van der Waals surface area contributed by atoms with E-state index in [1.807, 2.05) is 6.92 Å². The van der Waals surface area contributed by atoms with Crippen LogP contribution in [0.5, 0.6) is 11.5 Å². The summed E-state index contributed by atoms with van der Waals surface area (Å²) in [5.74, 6) is 0.0383. The largest absolute Gasteiger partial charge is 0.497 e. The predicted octanol–water partition coefficient (Wildman–Crippen LogP) is 4.53. The lowest BCUT2D eigenvalue weighted by Crippen LogP contribution is -2.28. The van der Waals surface area contributed by atoms with Crippen LogP contribution in [0, 0.1) is 6.92 Å². The Kier molecular flexibility index (Phi) is 9.99. The number of nitrogens with one attached hydrogen (secondary N) is 2. The molecular formula is C23H30N2O7S. The second-order valence-electron chi connectivity index (χ2n) is 6.96. The maximum atomic E-state index is 12.6. The minimum absolute atomic E-state index is 0.140. The van der Waals surface area contributed by atoms with Crippen molar-refractivity contribution >= 4 is 34.3 Å². The first-order chi connectivity index (χ1) is 15.9. The third kappa shape index (κ3) is 6.85. The summed E-state index contributed by atoms with van der Waals surface area (Å²) in [6, 6.07) is 4.70. The first-order valence-corrected chi connectivity index (χ1v) is 11.4. The number of urea groups is 1. The van der Waals surface area contributed by atoms with Crippen LogP contribution in [-0.2, 0) is 16.0 Å². The van der Waals surface area contributed by atoms with E-state index >= 15 is 0 Å². The van der Waals surface area contributed by atoms with E-state index in [0.29, 0.717) is 17.1 Å². The van der Waals surface area contributed by atoms with Gasteiger partial charge >= 0.3 is 18.0 Å². The van der Waals surface area contributed by atoms with Crippen molar-refractivity contribution in [3.05, 3.63) is 39.8 Å². The first-order valence-electron chi connectivity index (χ1n) is 10.6. The van der Waals surface area contributed by atoms with E-state index in [0.717, 1.165) is 29.7 Å². The van der Waals surface area contributed by atoms with E-state index in [2.05, 4.69) is 10.6 Å². The van der Waals surface area contributed by atoms with Gasteiger partial charge in [0.15, 0.2) is 0 Å². The molecule has 1 aromatic heterocycles. The number of unbranched alkanes of at least 4 members (excludes halogenated alkanes) is 1. The van der Waals surface area contributed by atoms with Crippen molar-refractivity contribution in [2.75, 3.05) is 32.8 Å². The number of thiophene rings is 1. The van der Waals surface area contributed by atoms with Gasteiger partial charge in [-0.1, -0.05) is 13.3 Å². The normalized spacial score (nSPS) is 10.3. The van der Waals surface area contributed by atoms with Crippen LogP contribution in [-0.4, -0.2) is 45.4 Å². The Morgan fingerprint density at radius 1 is 1.03 bits per heavy atom. The standard InChI is InChI=1S/C23H30N2O7S/c1-6-8-11-32-22(27)19-14(3)18(21(26)31-7-2)20(33-19)25-23(28)24-13-15-9-10-16(29-4)12-17(15)30-5/h9-10,12H,6-8,11,13H2,1-5H3,(H2,24,25,28). The molecule has 0 saturated carbocycles. The molecule has 0 aliphatic rings. The Morgan fingerprint density at radius 3 is 2.42 bits per heavy atom.